The fraction of sp³-hybridized carbons (Fsp3) is 0.320. The Morgan fingerprint density at radius 2 is 1.94 bits per heavy atom. The van der Waals surface area contributed by atoms with E-state index in [-0.39, 0.29) is 35.3 Å². The molecule has 162 valence electrons. The third-order valence-electron chi connectivity index (χ3n) is 6.93. The van der Waals surface area contributed by atoms with Crippen LogP contribution in [0.15, 0.2) is 51.7 Å². The van der Waals surface area contributed by atoms with Crippen LogP contribution < -0.4 is 10.3 Å². The Bertz CT molecular complexity index is 1370. The molecule has 2 amide bonds. The van der Waals surface area contributed by atoms with Gasteiger partial charge in [-0.2, -0.15) is 0 Å². The predicted octanol–water partition coefficient (Wildman–Crippen LogP) is 2.96. The molecular weight excluding hydrogens is 408 g/mol. The zero-order chi connectivity index (χ0) is 22.2. The van der Waals surface area contributed by atoms with Gasteiger partial charge in [0.25, 0.3) is 11.8 Å². The molecule has 2 atom stereocenters. The molecule has 0 bridgehead atoms. The summed E-state index contributed by atoms with van der Waals surface area (Å²) in [7, 11) is 1.68. The lowest BCUT2D eigenvalue weighted by Crippen LogP contribution is -2.54. The first-order valence-corrected chi connectivity index (χ1v) is 10.8. The number of amides is 2. The number of anilines is 1. The highest BCUT2D eigenvalue weighted by atomic mass is 16.5. The van der Waals surface area contributed by atoms with Crippen LogP contribution in [-0.4, -0.2) is 43.0 Å². The first-order valence-electron chi connectivity index (χ1n) is 10.8. The molecule has 0 aliphatic carbocycles. The number of hydrogen-bond acceptors (Lipinski definition) is 5. The van der Waals surface area contributed by atoms with E-state index in [0.717, 1.165) is 18.4 Å². The second-order valence-corrected chi connectivity index (χ2v) is 8.78. The molecule has 6 rings (SSSR count). The highest BCUT2D eigenvalue weighted by Gasteiger charge is 2.64. The molecule has 0 unspecified atom stereocenters. The van der Waals surface area contributed by atoms with Crippen LogP contribution in [0.3, 0.4) is 0 Å². The number of hydrogen-bond donors (Lipinski definition) is 0. The SMILES string of the molecule is Cc1ccc2oc3c(c(=O)c2c1)[C@]1(C(=O)N(C)c2ccccc21)N(C[C@H]1CCCO1)C3=O. The van der Waals surface area contributed by atoms with Crippen molar-refractivity contribution in [1.82, 2.24) is 4.90 Å². The molecule has 1 spiro atoms. The molecule has 0 N–H and O–H groups in total. The molecule has 1 aromatic heterocycles. The maximum absolute atomic E-state index is 13.9. The van der Waals surface area contributed by atoms with Crippen LogP contribution in [0.1, 0.15) is 40.1 Å². The van der Waals surface area contributed by atoms with E-state index in [9.17, 15) is 14.4 Å². The summed E-state index contributed by atoms with van der Waals surface area (Å²) in [6.07, 6.45) is 1.50. The molecule has 3 aromatic rings. The monoisotopic (exact) mass is 430 g/mol. The Morgan fingerprint density at radius 1 is 1.12 bits per heavy atom. The van der Waals surface area contributed by atoms with Crippen molar-refractivity contribution < 1.29 is 18.7 Å². The number of rotatable bonds is 2. The van der Waals surface area contributed by atoms with Crippen LogP contribution in [0.25, 0.3) is 11.0 Å². The third-order valence-corrected chi connectivity index (χ3v) is 6.93. The average molecular weight is 430 g/mol. The van der Waals surface area contributed by atoms with E-state index in [4.69, 9.17) is 9.15 Å². The highest BCUT2D eigenvalue weighted by Crippen LogP contribution is 2.52. The van der Waals surface area contributed by atoms with Gasteiger partial charge in [-0.25, -0.2) is 0 Å². The number of ether oxygens (including phenoxy) is 1. The first-order chi connectivity index (χ1) is 15.4. The van der Waals surface area contributed by atoms with Gasteiger partial charge in [0.1, 0.15) is 5.58 Å². The number of carbonyl (C=O) groups excluding carboxylic acids is 2. The maximum atomic E-state index is 13.9. The lowest BCUT2D eigenvalue weighted by atomic mass is 9.83. The number of benzene rings is 2. The van der Waals surface area contributed by atoms with Gasteiger partial charge in [-0.3, -0.25) is 14.4 Å². The fourth-order valence-electron chi connectivity index (χ4n) is 5.45. The van der Waals surface area contributed by atoms with Gasteiger partial charge in [0.15, 0.2) is 11.0 Å². The van der Waals surface area contributed by atoms with Crippen molar-refractivity contribution in [3.63, 3.8) is 0 Å². The molecule has 32 heavy (non-hydrogen) atoms. The summed E-state index contributed by atoms with van der Waals surface area (Å²) in [6, 6.07) is 12.6. The maximum Gasteiger partial charge on any atom is 0.291 e. The second-order valence-electron chi connectivity index (χ2n) is 8.78. The lowest BCUT2D eigenvalue weighted by molar-refractivity contribution is -0.126. The summed E-state index contributed by atoms with van der Waals surface area (Å²) in [5.74, 6) is -0.834. The zero-order valence-electron chi connectivity index (χ0n) is 17.9. The van der Waals surface area contributed by atoms with E-state index in [1.54, 1.807) is 19.2 Å². The largest absolute Gasteiger partial charge is 0.450 e. The van der Waals surface area contributed by atoms with Gasteiger partial charge >= 0.3 is 0 Å². The van der Waals surface area contributed by atoms with E-state index in [2.05, 4.69) is 0 Å². The summed E-state index contributed by atoms with van der Waals surface area (Å²) in [5.41, 5.74) is 0.758. The smallest absolute Gasteiger partial charge is 0.291 e. The summed E-state index contributed by atoms with van der Waals surface area (Å²) in [5, 5.41) is 0.370. The summed E-state index contributed by atoms with van der Waals surface area (Å²) in [4.78, 5) is 44.6. The number of fused-ring (bicyclic) bond motifs is 5. The van der Waals surface area contributed by atoms with Crippen molar-refractivity contribution in [1.29, 1.82) is 0 Å². The van der Waals surface area contributed by atoms with E-state index < -0.39 is 11.4 Å². The van der Waals surface area contributed by atoms with Crippen molar-refractivity contribution in [2.75, 3.05) is 25.1 Å². The molecule has 1 fully saturated rings. The van der Waals surface area contributed by atoms with Gasteiger partial charge in [0.2, 0.25) is 5.76 Å². The molecule has 1 saturated heterocycles. The molecule has 7 heteroatoms. The van der Waals surface area contributed by atoms with Crippen LogP contribution in [0, 0.1) is 6.92 Å². The van der Waals surface area contributed by atoms with E-state index in [1.165, 1.54) is 9.80 Å². The lowest BCUT2D eigenvalue weighted by Gasteiger charge is -2.35. The van der Waals surface area contributed by atoms with Crippen molar-refractivity contribution in [2.45, 2.75) is 31.4 Å². The minimum absolute atomic E-state index is 0.0530. The standard InChI is InChI=1S/C25H22N2O5/c1-14-9-10-19-16(12-14)21(28)20-22(32-19)23(29)27(13-15-6-5-11-31-15)25(20)17-7-3-4-8-18(17)26(2)24(25)30/h3-4,7-10,12,15H,5-6,11,13H2,1-2H3/t15-,25-/m1/s1. The minimum Gasteiger partial charge on any atom is -0.450 e. The molecule has 4 heterocycles. The number of carbonyl (C=O) groups is 2. The van der Waals surface area contributed by atoms with Crippen LogP contribution in [0.4, 0.5) is 5.69 Å². The molecule has 3 aliphatic rings. The summed E-state index contributed by atoms with van der Waals surface area (Å²) < 4.78 is 11.8. The number of nitrogens with zero attached hydrogens (tertiary/aromatic N) is 2. The van der Waals surface area contributed by atoms with E-state index in [0.29, 0.717) is 28.8 Å². The second kappa shape index (κ2) is 6.53. The van der Waals surface area contributed by atoms with Crippen molar-refractivity contribution in [3.05, 3.63) is 75.1 Å². The Morgan fingerprint density at radius 3 is 2.72 bits per heavy atom. The minimum atomic E-state index is -1.55. The van der Waals surface area contributed by atoms with Gasteiger partial charge in [-0.05, 0) is 38.0 Å². The molecule has 7 nitrogen and oxygen atoms in total. The fourth-order valence-corrected chi connectivity index (χ4v) is 5.45. The van der Waals surface area contributed by atoms with Crippen molar-refractivity contribution in [3.8, 4) is 0 Å². The Balaban J connectivity index is 1.70. The Labute approximate surface area is 184 Å². The van der Waals surface area contributed by atoms with E-state index in [1.807, 2.05) is 37.3 Å². The number of likely N-dealkylation sites (N-methyl/N-ethyl adjacent to an activating group) is 1. The number of para-hydroxylation sites is 1. The van der Waals surface area contributed by atoms with Gasteiger partial charge in [0, 0.05) is 31.5 Å². The molecule has 0 radical (unpaired) electrons. The average Bonchev–Trinajstić information content (AvgIpc) is 3.45. The Hall–Kier alpha value is -3.45. The van der Waals surface area contributed by atoms with Gasteiger partial charge in [0.05, 0.1) is 17.1 Å². The molecule has 2 aromatic carbocycles. The third kappa shape index (κ3) is 2.26. The number of aryl methyl sites for hydroxylation is 1. The van der Waals surface area contributed by atoms with Gasteiger partial charge in [-0.1, -0.05) is 29.8 Å². The zero-order valence-corrected chi connectivity index (χ0v) is 17.9. The normalized spacial score (nSPS) is 24.1. The topological polar surface area (TPSA) is 80.1 Å². The molecule has 0 saturated carbocycles. The summed E-state index contributed by atoms with van der Waals surface area (Å²) >= 11 is 0. The van der Waals surface area contributed by atoms with Crippen LogP contribution in [0.2, 0.25) is 0 Å². The first kappa shape index (κ1) is 19.3. The molecule has 3 aliphatic heterocycles. The van der Waals surface area contributed by atoms with Crippen LogP contribution in [-0.2, 0) is 15.1 Å². The molecular formula is C25H22N2O5. The quantitative estimate of drug-likeness (QED) is 0.625. The predicted molar refractivity (Wildman–Crippen MR) is 118 cm³/mol. The van der Waals surface area contributed by atoms with Crippen LogP contribution >= 0.6 is 0 Å². The highest BCUT2D eigenvalue weighted by molar-refractivity contribution is 6.16. The van der Waals surface area contributed by atoms with Crippen LogP contribution in [0.5, 0.6) is 0 Å². The summed E-state index contributed by atoms with van der Waals surface area (Å²) in [6.45, 7) is 2.73. The van der Waals surface area contributed by atoms with Crippen molar-refractivity contribution in [2.24, 2.45) is 0 Å². The van der Waals surface area contributed by atoms with E-state index >= 15 is 0 Å². The van der Waals surface area contributed by atoms with Crippen molar-refractivity contribution >= 4 is 28.5 Å². The van der Waals surface area contributed by atoms with Gasteiger partial charge < -0.3 is 19.0 Å². The van der Waals surface area contributed by atoms with Gasteiger partial charge in [-0.15, -0.1) is 0 Å². The Kier molecular flexibility index (Phi) is 3.93.